The number of cyclic esters (lactones) is 1. The van der Waals surface area contributed by atoms with E-state index in [1.54, 1.807) is 10.6 Å². The Morgan fingerprint density at radius 2 is 1.90 bits per heavy atom. The van der Waals surface area contributed by atoms with Gasteiger partial charge in [-0.1, -0.05) is 40.0 Å². The van der Waals surface area contributed by atoms with Crippen LogP contribution >= 0.6 is 0 Å². The van der Waals surface area contributed by atoms with E-state index in [1.165, 1.54) is 44.9 Å². The largest absolute Gasteiger partial charge is 0.458 e. The van der Waals surface area contributed by atoms with Crippen molar-refractivity contribution in [2.75, 3.05) is 6.79 Å². The fourth-order valence-corrected chi connectivity index (χ4v) is 8.10. The molecule has 9 heteroatoms. The van der Waals surface area contributed by atoms with Crippen molar-refractivity contribution in [1.82, 2.24) is 14.9 Å². The number of rotatable bonds is 4. The third-order valence-corrected chi connectivity index (χ3v) is 10.1. The Balaban J connectivity index is 0.00000141. The number of carbonyl (C=O) groups excluding carboxylic acids is 1. The predicted molar refractivity (Wildman–Crippen MR) is 157 cm³/mol. The third-order valence-electron chi connectivity index (χ3n) is 10.1. The zero-order valence-corrected chi connectivity index (χ0v) is 24.6. The topological polar surface area (TPSA) is 112 Å². The number of esters is 1. The molecule has 1 aromatic carbocycles. The average molecular weight is 574 g/mol. The second-order valence-corrected chi connectivity index (χ2v) is 12.3. The molecule has 222 valence electrons. The van der Waals surface area contributed by atoms with Crippen LogP contribution < -0.4 is 20.3 Å². The van der Waals surface area contributed by atoms with Gasteiger partial charge in [-0.25, -0.2) is 9.78 Å². The number of fused-ring (bicyclic) bond motifs is 8. The lowest BCUT2D eigenvalue weighted by atomic mass is 9.63. The minimum absolute atomic E-state index is 0.129. The highest BCUT2D eigenvalue weighted by Crippen LogP contribution is 2.47. The summed E-state index contributed by atoms with van der Waals surface area (Å²) in [5.74, 6) is 2.17. The Hall–Kier alpha value is -3.43. The van der Waals surface area contributed by atoms with Gasteiger partial charge in [-0.3, -0.25) is 4.79 Å². The van der Waals surface area contributed by atoms with Gasteiger partial charge in [0.2, 0.25) is 6.79 Å². The fraction of sp³-hybridized carbons (Fsp3) is 0.545. The number of ether oxygens (including phenoxy) is 3. The number of hydrogen-bond acceptors (Lipinski definition) is 8. The van der Waals surface area contributed by atoms with Crippen LogP contribution in [0.25, 0.3) is 22.3 Å². The average Bonchev–Trinajstić information content (AvgIpc) is 3.61. The highest BCUT2D eigenvalue weighted by molar-refractivity contribution is 5.91. The summed E-state index contributed by atoms with van der Waals surface area (Å²) >= 11 is 0. The summed E-state index contributed by atoms with van der Waals surface area (Å²) in [4.78, 5) is 30.7. The van der Waals surface area contributed by atoms with E-state index in [2.05, 4.69) is 12.2 Å². The van der Waals surface area contributed by atoms with Crippen LogP contribution in [0.5, 0.6) is 11.5 Å². The number of aromatic nitrogens is 2. The molecule has 3 aliphatic heterocycles. The monoisotopic (exact) mass is 573 g/mol. The zero-order valence-electron chi connectivity index (χ0n) is 24.6. The Kier molecular flexibility index (Phi) is 6.77. The van der Waals surface area contributed by atoms with Crippen LogP contribution in [0.1, 0.15) is 94.1 Å². The van der Waals surface area contributed by atoms with Gasteiger partial charge in [-0.2, -0.15) is 0 Å². The van der Waals surface area contributed by atoms with Crippen LogP contribution in [0.3, 0.4) is 0 Å². The number of aliphatic hydroxyl groups excluding tert-OH is 1. The zero-order chi connectivity index (χ0) is 29.2. The second kappa shape index (κ2) is 10.4. The van der Waals surface area contributed by atoms with Crippen molar-refractivity contribution in [3.05, 3.63) is 50.8 Å². The summed E-state index contributed by atoms with van der Waals surface area (Å²) in [6.07, 6.45) is 7.30. The Morgan fingerprint density at radius 1 is 1.10 bits per heavy atom. The van der Waals surface area contributed by atoms with E-state index < -0.39 is 12.1 Å². The molecule has 5 heterocycles. The minimum Gasteiger partial charge on any atom is -0.458 e. The summed E-state index contributed by atoms with van der Waals surface area (Å²) in [7, 11) is 0. The molecule has 2 N–H and O–H groups in total. The highest BCUT2D eigenvalue weighted by atomic mass is 16.7. The van der Waals surface area contributed by atoms with Gasteiger partial charge in [-0.15, -0.1) is 0 Å². The molecule has 2 saturated carbocycles. The number of carbonyl (C=O) groups is 1. The first-order chi connectivity index (χ1) is 20.4. The molecule has 0 amide bonds. The van der Waals surface area contributed by atoms with Crippen LogP contribution in [0, 0.1) is 11.8 Å². The van der Waals surface area contributed by atoms with Gasteiger partial charge in [0.1, 0.15) is 6.61 Å². The van der Waals surface area contributed by atoms with Gasteiger partial charge in [0.25, 0.3) is 5.56 Å². The highest BCUT2D eigenvalue weighted by Gasteiger charge is 2.43. The van der Waals surface area contributed by atoms with Gasteiger partial charge in [0.15, 0.2) is 17.6 Å². The van der Waals surface area contributed by atoms with E-state index in [1.807, 2.05) is 26.0 Å². The SMILES string of the molecule is CC.CCC1CC2CCCC(NCc3c4c(nc5cc6c(cc35)OCO6)-c3cc5c(c(=O)n3C4)COC(=O)C5O)(C1)C2. The van der Waals surface area contributed by atoms with Crippen molar-refractivity contribution < 1.29 is 24.1 Å². The maximum Gasteiger partial charge on any atom is 0.340 e. The standard InChI is InChI=1S/C31H33N3O6.C2H6/c1-2-16-6-17-4-3-5-31(10-16,11-17)32-12-20-18-8-25-26(40-15-39-25)9-23(18)33-27-21(20)13-34-24(27)7-19-22(29(34)36)14-38-30(37)28(19)35;1-2/h7-9,16-17,28,32,35H,2-6,10-15H2,1H3;1-2H3. The van der Waals surface area contributed by atoms with E-state index in [0.717, 1.165) is 33.9 Å². The number of aliphatic hydroxyl groups is 1. The van der Waals surface area contributed by atoms with Gasteiger partial charge in [0.05, 0.1) is 29.0 Å². The summed E-state index contributed by atoms with van der Waals surface area (Å²) in [5, 5.41) is 15.6. The molecule has 2 bridgehead atoms. The molecule has 2 aromatic heterocycles. The van der Waals surface area contributed by atoms with Crippen LogP contribution in [-0.4, -0.2) is 33.0 Å². The van der Waals surface area contributed by atoms with E-state index in [9.17, 15) is 14.7 Å². The Morgan fingerprint density at radius 3 is 2.71 bits per heavy atom. The lowest BCUT2D eigenvalue weighted by Gasteiger charge is -2.49. The summed E-state index contributed by atoms with van der Waals surface area (Å²) in [6, 6.07) is 5.68. The third kappa shape index (κ3) is 4.23. The van der Waals surface area contributed by atoms with Crippen LogP contribution in [0.4, 0.5) is 0 Å². The molecule has 0 saturated heterocycles. The van der Waals surface area contributed by atoms with Gasteiger partial charge >= 0.3 is 5.97 Å². The molecule has 0 radical (unpaired) electrons. The molecule has 8 rings (SSSR count). The van der Waals surface area contributed by atoms with E-state index in [-0.39, 0.29) is 24.5 Å². The maximum absolute atomic E-state index is 13.6. The molecule has 4 atom stereocenters. The smallest absolute Gasteiger partial charge is 0.340 e. The van der Waals surface area contributed by atoms with Crippen LogP contribution in [-0.2, 0) is 29.2 Å². The van der Waals surface area contributed by atoms with Crippen molar-refractivity contribution in [1.29, 1.82) is 0 Å². The molecule has 2 aliphatic carbocycles. The number of pyridine rings is 2. The Labute approximate surface area is 245 Å². The Bertz CT molecular complexity index is 1650. The quantitative estimate of drug-likeness (QED) is 0.324. The lowest BCUT2D eigenvalue weighted by Crippen LogP contribution is -2.52. The first-order valence-corrected chi connectivity index (χ1v) is 15.5. The van der Waals surface area contributed by atoms with Crippen molar-refractivity contribution in [2.45, 2.75) is 97.1 Å². The summed E-state index contributed by atoms with van der Waals surface area (Å²) < 4.78 is 18.2. The molecular formula is C33H39N3O6. The normalized spacial score (nSPS) is 26.6. The molecule has 2 fully saturated rings. The number of benzene rings is 1. The first kappa shape index (κ1) is 27.4. The minimum atomic E-state index is -1.47. The molecule has 9 nitrogen and oxygen atoms in total. The second-order valence-electron chi connectivity index (χ2n) is 12.3. The van der Waals surface area contributed by atoms with Crippen LogP contribution in [0.2, 0.25) is 0 Å². The maximum atomic E-state index is 13.6. The van der Waals surface area contributed by atoms with Gasteiger partial charge < -0.3 is 29.2 Å². The van der Waals surface area contributed by atoms with Crippen LogP contribution in [0.15, 0.2) is 23.0 Å². The number of hydrogen-bond donors (Lipinski definition) is 2. The molecule has 5 aliphatic rings. The first-order valence-electron chi connectivity index (χ1n) is 15.5. The van der Waals surface area contributed by atoms with Crippen molar-refractivity contribution in [3.63, 3.8) is 0 Å². The van der Waals surface area contributed by atoms with Crippen molar-refractivity contribution in [3.8, 4) is 22.9 Å². The fourth-order valence-electron chi connectivity index (χ4n) is 8.10. The summed E-state index contributed by atoms with van der Waals surface area (Å²) in [6.45, 7) is 7.41. The number of nitrogens with zero attached hydrogens (tertiary/aromatic N) is 2. The lowest BCUT2D eigenvalue weighted by molar-refractivity contribution is -0.157. The summed E-state index contributed by atoms with van der Waals surface area (Å²) in [5.41, 5.74) is 4.73. The van der Waals surface area contributed by atoms with Crippen molar-refractivity contribution in [2.24, 2.45) is 11.8 Å². The van der Waals surface area contributed by atoms with E-state index in [0.29, 0.717) is 47.1 Å². The van der Waals surface area contributed by atoms with Gasteiger partial charge in [-0.05, 0) is 55.2 Å². The van der Waals surface area contributed by atoms with Gasteiger partial charge in [0, 0.05) is 34.7 Å². The molecule has 4 unspecified atom stereocenters. The van der Waals surface area contributed by atoms with E-state index >= 15 is 0 Å². The molecule has 3 aromatic rings. The molecule has 0 spiro atoms. The van der Waals surface area contributed by atoms with Crippen molar-refractivity contribution >= 4 is 16.9 Å². The van der Waals surface area contributed by atoms with E-state index in [4.69, 9.17) is 19.2 Å². The number of nitrogens with one attached hydrogen (secondary N) is 1. The molecular weight excluding hydrogens is 534 g/mol. The molecule has 42 heavy (non-hydrogen) atoms. The predicted octanol–water partition coefficient (Wildman–Crippen LogP) is 5.11.